The summed E-state index contributed by atoms with van der Waals surface area (Å²) in [5, 5.41) is 12.7. The van der Waals surface area contributed by atoms with Crippen molar-refractivity contribution in [3.63, 3.8) is 0 Å². The zero-order valence-corrected chi connectivity index (χ0v) is 11.6. The number of fused-ring (bicyclic) bond motifs is 2. The summed E-state index contributed by atoms with van der Waals surface area (Å²) in [6.45, 7) is 2.52. The highest BCUT2D eigenvalue weighted by Crippen LogP contribution is 2.29. The third kappa shape index (κ3) is 1.56. The number of aromatic nitrogens is 4. The van der Waals surface area contributed by atoms with Crippen LogP contribution in [0.5, 0.6) is 0 Å². The SMILES string of the molecule is Cc1nnc2sc(C(=O)N3CCc4ccccc43)nn12. The van der Waals surface area contributed by atoms with E-state index >= 15 is 0 Å². The van der Waals surface area contributed by atoms with Crippen molar-refractivity contribution >= 4 is 27.9 Å². The summed E-state index contributed by atoms with van der Waals surface area (Å²) in [6, 6.07) is 7.99. The number of amides is 1. The molecule has 3 aromatic rings. The first-order valence-electron chi connectivity index (χ1n) is 6.32. The van der Waals surface area contributed by atoms with Crippen molar-refractivity contribution in [2.24, 2.45) is 0 Å². The molecule has 0 atom stereocenters. The van der Waals surface area contributed by atoms with E-state index in [4.69, 9.17) is 0 Å². The molecule has 0 N–H and O–H groups in total. The van der Waals surface area contributed by atoms with Crippen LogP contribution in [0.25, 0.3) is 4.96 Å². The molecule has 0 saturated carbocycles. The van der Waals surface area contributed by atoms with Gasteiger partial charge in [-0.25, -0.2) is 0 Å². The van der Waals surface area contributed by atoms with Gasteiger partial charge in [0, 0.05) is 12.2 Å². The lowest BCUT2D eigenvalue weighted by molar-refractivity contribution is 0.0988. The maximum atomic E-state index is 12.6. The van der Waals surface area contributed by atoms with Crippen LogP contribution in [0.1, 0.15) is 21.2 Å². The van der Waals surface area contributed by atoms with E-state index < -0.39 is 0 Å². The van der Waals surface area contributed by atoms with Gasteiger partial charge in [-0.3, -0.25) is 4.79 Å². The fourth-order valence-corrected chi connectivity index (χ4v) is 3.30. The van der Waals surface area contributed by atoms with Crippen LogP contribution in [-0.2, 0) is 6.42 Å². The molecule has 7 heteroatoms. The summed E-state index contributed by atoms with van der Waals surface area (Å²) in [7, 11) is 0. The molecule has 0 bridgehead atoms. The van der Waals surface area contributed by atoms with Gasteiger partial charge in [0.25, 0.3) is 5.91 Å². The van der Waals surface area contributed by atoms with Gasteiger partial charge in [0.1, 0.15) is 0 Å². The molecule has 0 radical (unpaired) electrons. The van der Waals surface area contributed by atoms with E-state index in [1.807, 2.05) is 25.1 Å². The predicted molar refractivity (Wildman–Crippen MR) is 75.2 cm³/mol. The predicted octanol–water partition coefficient (Wildman–Crippen LogP) is 1.70. The van der Waals surface area contributed by atoms with Gasteiger partial charge in [0.2, 0.25) is 9.97 Å². The van der Waals surface area contributed by atoms with Crippen molar-refractivity contribution in [3.8, 4) is 0 Å². The highest BCUT2D eigenvalue weighted by molar-refractivity contribution is 7.18. The maximum absolute atomic E-state index is 12.6. The molecule has 0 aliphatic carbocycles. The fraction of sp³-hybridized carbons (Fsp3) is 0.231. The minimum Gasteiger partial charge on any atom is -0.306 e. The number of anilines is 1. The van der Waals surface area contributed by atoms with E-state index in [0.29, 0.717) is 22.3 Å². The van der Waals surface area contributed by atoms with Gasteiger partial charge >= 0.3 is 0 Å². The van der Waals surface area contributed by atoms with Gasteiger partial charge in [0.15, 0.2) is 5.82 Å². The maximum Gasteiger partial charge on any atom is 0.289 e. The summed E-state index contributed by atoms with van der Waals surface area (Å²) >= 11 is 1.27. The molecule has 0 saturated heterocycles. The van der Waals surface area contributed by atoms with E-state index in [2.05, 4.69) is 21.4 Å². The second-order valence-electron chi connectivity index (χ2n) is 4.68. The molecular weight excluding hydrogens is 274 g/mol. The summed E-state index contributed by atoms with van der Waals surface area (Å²) in [6.07, 6.45) is 0.894. The number of aryl methyl sites for hydroxylation is 1. The molecule has 0 unspecified atom stereocenters. The summed E-state index contributed by atoms with van der Waals surface area (Å²) in [4.78, 5) is 15.0. The Morgan fingerprint density at radius 2 is 2.15 bits per heavy atom. The van der Waals surface area contributed by atoms with Crippen LogP contribution in [0.4, 0.5) is 5.69 Å². The zero-order valence-electron chi connectivity index (χ0n) is 10.8. The molecule has 4 rings (SSSR count). The van der Waals surface area contributed by atoms with E-state index in [-0.39, 0.29) is 5.91 Å². The molecule has 20 heavy (non-hydrogen) atoms. The molecule has 0 fully saturated rings. The molecule has 2 aromatic heterocycles. The number of carbonyl (C=O) groups is 1. The molecule has 100 valence electrons. The topological polar surface area (TPSA) is 63.4 Å². The quantitative estimate of drug-likeness (QED) is 0.682. The smallest absolute Gasteiger partial charge is 0.289 e. The first-order valence-corrected chi connectivity index (χ1v) is 7.14. The standard InChI is InChI=1S/C13H11N5OS/c1-8-14-15-13-18(8)16-11(20-13)12(19)17-7-6-9-4-2-3-5-10(9)17/h2-5H,6-7H2,1H3. The van der Waals surface area contributed by atoms with Crippen molar-refractivity contribution in [1.82, 2.24) is 19.8 Å². The Hall–Kier alpha value is -2.28. The van der Waals surface area contributed by atoms with Crippen molar-refractivity contribution in [2.75, 3.05) is 11.4 Å². The minimum atomic E-state index is -0.0650. The Morgan fingerprint density at radius 3 is 3.00 bits per heavy atom. The van der Waals surface area contributed by atoms with Crippen molar-refractivity contribution in [2.45, 2.75) is 13.3 Å². The molecule has 1 amide bonds. The van der Waals surface area contributed by atoms with Crippen LogP contribution in [0.15, 0.2) is 24.3 Å². The number of benzene rings is 1. The molecule has 0 spiro atoms. The third-order valence-corrected chi connectivity index (χ3v) is 4.35. The highest BCUT2D eigenvalue weighted by Gasteiger charge is 2.28. The van der Waals surface area contributed by atoms with Gasteiger partial charge in [-0.2, -0.15) is 4.52 Å². The lowest BCUT2D eigenvalue weighted by Gasteiger charge is -2.15. The van der Waals surface area contributed by atoms with Crippen LogP contribution in [0.2, 0.25) is 0 Å². The minimum absolute atomic E-state index is 0.0650. The Kier molecular flexibility index (Phi) is 2.37. The number of carbonyl (C=O) groups excluding carboxylic acids is 1. The summed E-state index contributed by atoms with van der Waals surface area (Å²) < 4.78 is 1.61. The third-order valence-electron chi connectivity index (χ3n) is 3.46. The Morgan fingerprint density at radius 1 is 1.30 bits per heavy atom. The van der Waals surface area contributed by atoms with E-state index in [1.54, 1.807) is 9.42 Å². The Bertz CT molecular complexity index is 821. The average Bonchev–Trinajstić information content (AvgIpc) is 3.14. The zero-order chi connectivity index (χ0) is 13.7. The number of hydrogen-bond acceptors (Lipinski definition) is 5. The van der Waals surface area contributed by atoms with Crippen LogP contribution >= 0.6 is 11.3 Å². The van der Waals surface area contributed by atoms with Crippen molar-refractivity contribution < 1.29 is 4.79 Å². The van der Waals surface area contributed by atoms with E-state index in [1.165, 1.54) is 16.9 Å². The lowest BCUT2D eigenvalue weighted by Crippen LogP contribution is -2.28. The molecule has 3 heterocycles. The second kappa shape index (κ2) is 4.11. The highest BCUT2D eigenvalue weighted by atomic mass is 32.1. The fourth-order valence-electron chi connectivity index (χ4n) is 2.47. The van der Waals surface area contributed by atoms with Gasteiger partial charge in [0.05, 0.1) is 0 Å². The molecule has 1 aliphatic rings. The molecular formula is C13H11N5OS. The number of rotatable bonds is 1. The van der Waals surface area contributed by atoms with Gasteiger partial charge in [-0.1, -0.05) is 29.5 Å². The van der Waals surface area contributed by atoms with Gasteiger partial charge in [-0.15, -0.1) is 15.3 Å². The molecule has 6 nitrogen and oxygen atoms in total. The first kappa shape index (κ1) is 11.5. The molecule has 1 aliphatic heterocycles. The summed E-state index contributed by atoms with van der Waals surface area (Å²) in [5.41, 5.74) is 2.19. The van der Waals surface area contributed by atoms with Crippen molar-refractivity contribution in [3.05, 3.63) is 40.7 Å². The van der Waals surface area contributed by atoms with Crippen molar-refractivity contribution in [1.29, 1.82) is 0 Å². The monoisotopic (exact) mass is 285 g/mol. The van der Waals surface area contributed by atoms with E-state index in [0.717, 1.165) is 12.1 Å². The Labute approximate surface area is 118 Å². The lowest BCUT2D eigenvalue weighted by atomic mass is 10.2. The number of para-hydroxylation sites is 1. The van der Waals surface area contributed by atoms with Gasteiger partial charge < -0.3 is 4.90 Å². The normalized spacial score (nSPS) is 13.9. The Balaban J connectivity index is 1.74. The largest absolute Gasteiger partial charge is 0.306 e. The van der Waals surface area contributed by atoms with Gasteiger partial charge in [-0.05, 0) is 25.0 Å². The van der Waals surface area contributed by atoms with E-state index in [9.17, 15) is 4.79 Å². The van der Waals surface area contributed by atoms with Crippen LogP contribution in [0.3, 0.4) is 0 Å². The summed E-state index contributed by atoms with van der Waals surface area (Å²) in [5.74, 6) is 0.627. The average molecular weight is 285 g/mol. The van der Waals surface area contributed by atoms with Crippen LogP contribution < -0.4 is 4.90 Å². The van der Waals surface area contributed by atoms with Crippen LogP contribution in [0, 0.1) is 6.92 Å². The van der Waals surface area contributed by atoms with Crippen LogP contribution in [-0.4, -0.2) is 32.3 Å². The second-order valence-corrected chi connectivity index (χ2v) is 5.64. The number of hydrogen-bond donors (Lipinski definition) is 0. The first-order chi connectivity index (χ1) is 9.74. The number of nitrogens with zero attached hydrogens (tertiary/aromatic N) is 5. The molecule has 1 aromatic carbocycles.